The summed E-state index contributed by atoms with van der Waals surface area (Å²) in [6, 6.07) is 4.82. The zero-order valence-electron chi connectivity index (χ0n) is 10.8. The van der Waals surface area contributed by atoms with Crippen molar-refractivity contribution in [1.82, 2.24) is 10.6 Å². The van der Waals surface area contributed by atoms with Crippen LogP contribution in [0.2, 0.25) is 0 Å². The molecule has 19 heavy (non-hydrogen) atoms. The summed E-state index contributed by atoms with van der Waals surface area (Å²) < 4.78 is 0.679. The van der Waals surface area contributed by atoms with Crippen molar-refractivity contribution in [3.8, 4) is 0 Å². The third-order valence-corrected chi connectivity index (χ3v) is 2.77. The minimum atomic E-state index is -0.349. The average molecular weight is 326 g/mol. The quantitative estimate of drug-likeness (QED) is 0.795. The van der Waals surface area contributed by atoms with E-state index in [0.29, 0.717) is 22.3 Å². The first kappa shape index (κ1) is 15.2. The van der Waals surface area contributed by atoms with Crippen molar-refractivity contribution in [2.75, 3.05) is 18.9 Å². The molecule has 0 saturated carbocycles. The monoisotopic (exact) mass is 325 g/mol. The van der Waals surface area contributed by atoms with Crippen LogP contribution in [-0.2, 0) is 0 Å². The van der Waals surface area contributed by atoms with Gasteiger partial charge in [-0.15, -0.1) is 0 Å². The van der Waals surface area contributed by atoms with Crippen molar-refractivity contribution in [3.05, 3.63) is 40.4 Å². The second-order valence-corrected chi connectivity index (χ2v) is 5.00. The van der Waals surface area contributed by atoms with E-state index in [0.717, 1.165) is 5.56 Å². The van der Waals surface area contributed by atoms with E-state index in [1.807, 2.05) is 0 Å². The molecule has 0 saturated heterocycles. The van der Waals surface area contributed by atoms with Crippen LogP contribution in [0.25, 0.3) is 0 Å². The molecule has 0 bridgehead atoms. The Kier molecular flexibility index (Phi) is 5.57. The Balaban J connectivity index is 2.82. The molecule has 3 N–H and O–H groups in total. The molecule has 3 amide bonds. The predicted octanol–water partition coefficient (Wildman–Crippen LogP) is 2.38. The van der Waals surface area contributed by atoms with E-state index >= 15 is 0 Å². The summed E-state index contributed by atoms with van der Waals surface area (Å²) >= 11 is 3.15. The van der Waals surface area contributed by atoms with Crippen LogP contribution < -0.4 is 16.0 Å². The molecule has 0 aliphatic rings. The number of amides is 3. The van der Waals surface area contributed by atoms with Crippen LogP contribution >= 0.6 is 15.9 Å². The fourth-order valence-corrected chi connectivity index (χ4v) is 1.63. The maximum absolute atomic E-state index is 11.6. The van der Waals surface area contributed by atoms with Crippen LogP contribution in [0.1, 0.15) is 15.9 Å². The molecule has 0 unspecified atom stereocenters. The lowest BCUT2D eigenvalue weighted by atomic mass is 10.1. The summed E-state index contributed by atoms with van der Waals surface area (Å²) in [6.45, 7) is 5.74. The highest BCUT2D eigenvalue weighted by Crippen LogP contribution is 2.18. The first-order chi connectivity index (χ1) is 8.95. The zero-order valence-corrected chi connectivity index (χ0v) is 12.4. The molecule has 1 aromatic rings. The van der Waals surface area contributed by atoms with E-state index in [1.54, 1.807) is 32.2 Å². The topological polar surface area (TPSA) is 70.2 Å². The van der Waals surface area contributed by atoms with Crippen molar-refractivity contribution in [2.45, 2.75) is 6.92 Å². The normalized spacial score (nSPS) is 9.63. The Morgan fingerprint density at radius 3 is 2.63 bits per heavy atom. The average Bonchev–Trinajstić information content (AvgIpc) is 2.38. The minimum Gasteiger partial charge on any atom is -0.355 e. The van der Waals surface area contributed by atoms with Gasteiger partial charge in [-0.25, -0.2) is 4.79 Å². The van der Waals surface area contributed by atoms with Crippen molar-refractivity contribution in [3.63, 3.8) is 0 Å². The van der Waals surface area contributed by atoms with Gasteiger partial charge in [0.2, 0.25) is 0 Å². The molecule has 1 aromatic carbocycles. The standard InChI is InChI=1S/C13H16BrN3O2/c1-8(14)7-16-13(19)17-11-6-4-5-10(9(11)2)12(18)15-3/h4-6H,1,7H2,2-3H3,(H,15,18)(H2,16,17,19). The number of hydrogen-bond acceptors (Lipinski definition) is 2. The number of halogens is 1. The van der Waals surface area contributed by atoms with Gasteiger partial charge in [-0.3, -0.25) is 4.79 Å². The highest BCUT2D eigenvalue weighted by molar-refractivity contribution is 9.11. The van der Waals surface area contributed by atoms with Crippen molar-refractivity contribution < 1.29 is 9.59 Å². The maximum Gasteiger partial charge on any atom is 0.319 e. The largest absolute Gasteiger partial charge is 0.355 e. The van der Waals surface area contributed by atoms with Crippen LogP contribution in [0.3, 0.4) is 0 Å². The van der Waals surface area contributed by atoms with Gasteiger partial charge < -0.3 is 16.0 Å². The summed E-state index contributed by atoms with van der Waals surface area (Å²) in [5, 5.41) is 7.87. The van der Waals surface area contributed by atoms with E-state index in [-0.39, 0.29) is 11.9 Å². The van der Waals surface area contributed by atoms with Gasteiger partial charge in [0.1, 0.15) is 0 Å². The van der Waals surface area contributed by atoms with Crippen LogP contribution in [0, 0.1) is 6.92 Å². The SMILES string of the molecule is C=C(Br)CNC(=O)Nc1cccc(C(=O)NC)c1C. The third-order valence-electron chi connectivity index (χ3n) is 2.49. The number of hydrogen-bond donors (Lipinski definition) is 3. The number of benzene rings is 1. The summed E-state index contributed by atoms with van der Waals surface area (Å²) in [4.78, 5) is 23.3. The van der Waals surface area contributed by atoms with Crippen LogP contribution in [0.15, 0.2) is 29.3 Å². The molecule has 6 heteroatoms. The first-order valence-corrected chi connectivity index (χ1v) is 6.44. The lowest BCUT2D eigenvalue weighted by Crippen LogP contribution is -2.30. The van der Waals surface area contributed by atoms with Gasteiger partial charge >= 0.3 is 6.03 Å². The summed E-state index contributed by atoms with van der Waals surface area (Å²) in [5.74, 6) is -0.185. The number of anilines is 1. The third kappa shape index (κ3) is 4.40. The van der Waals surface area contributed by atoms with E-state index < -0.39 is 0 Å². The number of carbonyl (C=O) groups excluding carboxylic acids is 2. The molecule has 0 spiro atoms. The van der Waals surface area contributed by atoms with Gasteiger partial charge in [-0.05, 0) is 24.6 Å². The fraction of sp³-hybridized carbons (Fsp3) is 0.231. The number of rotatable bonds is 4. The number of urea groups is 1. The molecule has 0 heterocycles. The second kappa shape index (κ2) is 6.94. The summed E-state index contributed by atoms with van der Waals surface area (Å²) in [5.41, 5.74) is 1.85. The van der Waals surface area contributed by atoms with E-state index in [1.165, 1.54) is 0 Å². The number of carbonyl (C=O) groups is 2. The van der Waals surface area contributed by atoms with Crippen LogP contribution in [0.4, 0.5) is 10.5 Å². The van der Waals surface area contributed by atoms with Crippen LogP contribution in [-0.4, -0.2) is 25.5 Å². The van der Waals surface area contributed by atoms with E-state index in [9.17, 15) is 9.59 Å². The lowest BCUT2D eigenvalue weighted by Gasteiger charge is -2.12. The fourth-order valence-electron chi connectivity index (χ4n) is 1.49. The highest BCUT2D eigenvalue weighted by atomic mass is 79.9. The molecule has 5 nitrogen and oxygen atoms in total. The molecule has 0 aromatic heterocycles. The molecule has 102 valence electrons. The maximum atomic E-state index is 11.6. The Bertz CT molecular complexity index is 515. The Morgan fingerprint density at radius 2 is 2.05 bits per heavy atom. The van der Waals surface area contributed by atoms with Gasteiger partial charge in [0, 0.05) is 22.8 Å². The smallest absolute Gasteiger partial charge is 0.319 e. The van der Waals surface area contributed by atoms with Gasteiger partial charge in [0.05, 0.1) is 6.54 Å². The molecule has 0 radical (unpaired) electrons. The number of nitrogens with one attached hydrogen (secondary N) is 3. The van der Waals surface area contributed by atoms with E-state index in [4.69, 9.17) is 0 Å². The molecule has 0 aliphatic carbocycles. The lowest BCUT2D eigenvalue weighted by molar-refractivity contribution is 0.0962. The van der Waals surface area contributed by atoms with Crippen molar-refractivity contribution >= 4 is 33.6 Å². The first-order valence-electron chi connectivity index (χ1n) is 5.65. The summed E-state index contributed by atoms with van der Waals surface area (Å²) in [6.07, 6.45) is 0. The zero-order chi connectivity index (χ0) is 14.4. The van der Waals surface area contributed by atoms with E-state index in [2.05, 4.69) is 38.5 Å². The van der Waals surface area contributed by atoms with Crippen molar-refractivity contribution in [2.24, 2.45) is 0 Å². The molecular formula is C13H16BrN3O2. The summed E-state index contributed by atoms with van der Waals surface area (Å²) in [7, 11) is 1.57. The highest BCUT2D eigenvalue weighted by Gasteiger charge is 2.11. The Morgan fingerprint density at radius 1 is 1.37 bits per heavy atom. The molecule has 0 aliphatic heterocycles. The van der Waals surface area contributed by atoms with Gasteiger partial charge in [-0.2, -0.15) is 0 Å². The molecule has 0 fully saturated rings. The van der Waals surface area contributed by atoms with Crippen molar-refractivity contribution in [1.29, 1.82) is 0 Å². The second-order valence-electron chi connectivity index (χ2n) is 3.88. The Hall–Kier alpha value is -1.82. The van der Waals surface area contributed by atoms with Crippen LogP contribution in [0.5, 0.6) is 0 Å². The van der Waals surface area contributed by atoms with Gasteiger partial charge in [-0.1, -0.05) is 28.6 Å². The molecular weight excluding hydrogens is 310 g/mol. The van der Waals surface area contributed by atoms with Gasteiger partial charge in [0.15, 0.2) is 0 Å². The Labute approximate surface area is 120 Å². The molecule has 0 atom stereocenters. The molecule has 1 rings (SSSR count). The minimum absolute atomic E-state index is 0.185. The van der Waals surface area contributed by atoms with Gasteiger partial charge in [0.25, 0.3) is 5.91 Å². The predicted molar refractivity (Wildman–Crippen MR) is 79.7 cm³/mol.